The van der Waals surface area contributed by atoms with E-state index in [2.05, 4.69) is 15.6 Å². The molecule has 2 amide bonds. The third-order valence-corrected chi connectivity index (χ3v) is 5.20. The predicted octanol–water partition coefficient (Wildman–Crippen LogP) is 5.40. The van der Waals surface area contributed by atoms with Crippen molar-refractivity contribution in [1.82, 2.24) is 4.98 Å². The Labute approximate surface area is 209 Å². The Morgan fingerprint density at radius 3 is 2.32 bits per heavy atom. The van der Waals surface area contributed by atoms with Gasteiger partial charge >= 0.3 is 12.2 Å². The third-order valence-electron chi connectivity index (χ3n) is 5.20. The Morgan fingerprint density at radius 2 is 1.70 bits per heavy atom. The number of aromatic amines is 1. The summed E-state index contributed by atoms with van der Waals surface area (Å²) in [5.74, 6) is 0.537. The van der Waals surface area contributed by atoms with Crippen LogP contribution in [0.4, 0.5) is 29.3 Å². The Bertz CT molecular complexity index is 1320. The number of ether oxygens (including phenoxy) is 4. The molecular formula is C25H24F3N3O6. The molecule has 3 aromatic rings. The van der Waals surface area contributed by atoms with Gasteiger partial charge in [-0.15, -0.1) is 0 Å². The molecule has 1 aromatic heterocycles. The molecule has 2 aromatic carbocycles. The lowest BCUT2D eigenvalue weighted by molar-refractivity contribution is -0.160. The molecule has 1 aliphatic heterocycles. The number of hydrogen-bond acceptors (Lipinski definition) is 6. The van der Waals surface area contributed by atoms with Crippen molar-refractivity contribution < 1.29 is 36.9 Å². The molecule has 4 rings (SSSR count). The van der Waals surface area contributed by atoms with Crippen LogP contribution >= 0.6 is 0 Å². The van der Waals surface area contributed by atoms with Gasteiger partial charge < -0.3 is 34.6 Å². The summed E-state index contributed by atoms with van der Waals surface area (Å²) < 4.78 is 62.3. The number of rotatable bonds is 8. The first kappa shape index (κ1) is 25.9. The number of amides is 2. The van der Waals surface area contributed by atoms with Gasteiger partial charge in [0.15, 0.2) is 11.4 Å². The highest BCUT2D eigenvalue weighted by molar-refractivity contribution is 5.99. The topological polar surface area (TPSA) is 111 Å². The van der Waals surface area contributed by atoms with Crippen molar-refractivity contribution >= 4 is 17.4 Å². The summed E-state index contributed by atoms with van der Waals surface area (Å²) in [4.78, 5) is 26.6. The minimum absolute atomic E-state index is 0.0599. The van der Waals surface area contributed by atoms with Crippen LogP contribution in [-0.4, -0.2) is 36.4 Å². The molecule has 0 atom stereocenters. The second-order valence-corrected chi connectivity index (χ2v) is 8.42. The molecule has 0 saturated carbocycles. The number of anilines is 2. The molecule has 12 heteroatoms. The molecule has 3 N–H and O–H groups in total. The van der Waals surface area contributed by atoms with Gasteiger partial charge in [0.2, 0.25) is 0 Å². The van der Waals surface area contributed by atoms with Gasteiger partial charge in [0, 0.05) is 23.6 Å². The molecule has 0 spiro atoms. The van der Waals surface area contributed by atoms with Crippen LogP contribution in [0.1, 0.15) is 19.4 Å². The van der Waals surface area contributed by atoms with Crippen molar-refractivity contribution in [3.05, 3.63) is 70.6 Å². The van der Waals surface area contributed by atoms with Gasteiger partial charge in [-0.25, -0.2) is 4.79 Å². The second-order valence-electron chi connectivity index (χ2n) is 8.42. The normalized spacial score (nSPS) is 14.3. The summed E-state index contributed by atoms with van der Waals surface area (Å²) in [5, 5.41) is 4.93. The largest absolute Gasteiger partial charge is 0.488 e. The highest BCUT2D eigenvalue weighted by atomic mass is 19.4. The van der Waals surface area contributed by atoms with Crippen molar-refractivity contribution in [2.75, 3.05) is 30.5 Å². The van der Waals surface area contributed by atoms with E-state index in [1.807, 2.05) is 0 Å². The number of carbonyl (C=O) groups excluding carboxylic acids is 1. The van der Waals surface area contributed by atoms with E-state index in [1.165, 1.54) is 24.4 Å². The second kappa shape index (κ2) is 10.4. The highest BCUT2D eigenvalue weighted by Gasteiger charge is 2.40. The molecular weight excluding hydrogens is 495 g/mol. The average molecular weight is 519 g/mol. The molecule has 0 radical (unpaired) electrons. The highest BCUT2D eigenvalue weighted by Crippen LogP contribution is 2.40. The molecule has 37 heavy (non-hydrogen) atoms. The van der Waals surface area contributed by atoms with Crippen LogP contribution in [0.3, 0.4) is 0 Å². The van der Waals surface area contributed by atoms with Crippen LogP contribution in [0, 0.1) is 0 Å². The van der Waals surface area contributed by atoms with Crippen molar-refractivity contribution in [3.63, 3.8) is 0 Å². The number of carbonyl (C=O) groups is 1. The Morgan fingerprint density at radius 1 is 1.03 bits per heavy atom. The number of H-pyrrole nitrogens is 1. The molecule has 9 nitrogen and oxygen atoms in total. The number of alkyl halides is 3. The van der Waals surface area contributed by atoms with Gasteiger partial charge in [-0.2, -0.15) is 13.2 Å². The number of aromatic nitrogens is 1. The van der Waals surface area contributed by atoms with Gasteiger partial charge in [0.25, 0.3) is 5.56 Å². The van der Waals surface area contributed by atoms with Gasteiger partial charge in [-0.05, 0) is 56.3 Å². The zero-order chi connectivity index (χ0) is 26.6. The molecule has 0 bridgehead atoms. The molecule has 1 saturated heterocycles. The zero-order valence-electron chi connectivity index (χ0n) is 19.9. The van der Waals surface area contributed by atoms with E-state index in [1.54, 1.807) is 38.1 Å². The average Bonchev–Trinajstić information content (AvgIpc) is 2.82. The lowest BCUT2D eigenvalue weighted by atomic mass is 10.0. The van der Waals surface area contributed by atoms with Gasteiger partial charge in [0.05, 0.1) is 25.4 Å². The molecule has 1 fully saturated rings. The number of halogens is 3. The molecule has 196 valence electrons. The number of nitrogens with one attached hydrogen (secondary N) is 3. The van der Waals surface area contributed by atoms with Crippen LogP contribution in [0.5, 0.6) is 23.0 Å². The third kappa shape index (κ3) is 6.53. The van der Waals surface area contributed by atoms with E-state index in [-0.39, 0.29) is 36.0 Å². The van der Waals surface area contributed by atoms with Crippen LogP contribution < -0.4 is 30.4 Å². The minimum Gasteiger partial charge on any atom is -0.488 e. The lowest BCUT2D eigenvalue weighted by Crippen LogP contribution is -2.51. The maximum Gasteiger partial charge on any atom is 0.420 e. The van der Waals surface area contributed by atoms with Crippen LogP contribution in [0.15, 0.2) is 59.5 Å². The summed E-state index contributed by atoms with van der Waals surface area (Å²) in [6.45, 7) is 4.11. The molecule has 2 heterocycles. The summed E-state index contributed by atoms with van der Waals surface area (Å²) in [6, 6.07) is 10.2. The van der Waals surface area contributed by atoms with Crippen molar-refractivity contribution in [3.8, 4) is 23.0 Å². The minimum atomic E-state index is -4.69. The fourth-order valence-corrected chi connectivity index (χ4v) is 3.43. The van der Waals surface area contributed by atoms with E-state index in [9.17, 15) is 22.8 Å². The van der Waals surface area contributed by atoms with Crippen LogP contribution in [0.25, 0.3) is 0 Å². The monoisotopic (exact) mass is 519 g/mol. The van der Waals surface area contributed by atoms with E-state index >= 15 is 0 Å². The van der Waals surface area contributed by atoms with Crippen molar-refractivity contribution in [2.24, 2.45) is 0 Å². The number of hydrogen-bond donors (Lipinski definition) is 3. The smallest absolute Gasteiger partial charge is 0.420 e. The Kier molecular flexibility index (Phi) is 7.30. The van der Waals surface area contributed by atoms with Gasteiger partial charge in [-0.1, -0.05) is 0 Å². The molecule has 0 aliphatic carbocycles. The first-order valence-electron chi connectivity index (χ1n) is 11.2. The van der Waals surface area contributed by atoms with Gasteiger partial charge in [-0.3, -0.25) is 4.79 Å². The zero-order valence-corrected chi connectivity index (χ0v) is 19.9. The molecule has 1 aliphatic rings. The Balaban J connectivity index is 1.39. The fourth-order valence-electron chi connectivity index (χ4n) is 3.43. The summed E-state index contributed by atoms with van der Waals surface area (Å²) in [7, 11) is 0. The fraction of sp³-hybridized carbons (Fsp3) is 0.280. The van der Waals surface area contributed by atoms with E-state index < -0.39 is 23.4 Å². The molecule has 0 unspecified atom stereocenters. The predicted molar refractivity (Wildman–Crippen MR) is 129 cm³/mol. The number of benzene rings is 2. The van der Waals surface area contributed by atoms with Crippen LogP contribution in [-0.2, 0) is 10.9 Å². The quantitative estimate of drug-likeness (QED) is 0.368. The first-order chi connectivity index (χ1) is 17.5. The van der Waals surface area contributed by atoms with E-state index in [0.29, 0.717) is 23.8 Å². The lowest BCUT2D eigenvalue weighted by Gasteiger charge is -2.38. The first-order valence-corrected chi connectivity index (χ1v) is 11.2. The Hall–Kier alpha value is -4.19. The van der Waals surface area contributed by atoms with Crippen molar-refractivity contribution in [2.45, 2.75) is 25.6 Å². The number of pyridine rings is 1. The van der Waals surface area contributed by atoms with Crippen LogP contribution in [0.2, 0.25) is 0 Å². The number of urea groups is 1. The van der Waals surface area contributed by atoms with E-state index in [4.69, 9.17) is 18.9 Å². The standard InChI is InChI=1S/C25H24F3N3O6/c1-3-35-21-11-18(12-29-22(21)32)36-17-7-4-15(5-8-17)30-23(33)31-16-6-9-20(19(10-16)25(26,27)28)37-24(2)13-34-14-24/h4-12H,3,13-14H2,1-2H3,(H,29,32)(H2,30,31,33). The summed E-state index contributed by atoms with van der Waals surface area (Å²) >= 11 is 0. The maximum absolute atomic E-state index is 13.6. The maximum atomic E-state index is 13.6. The SMILES string of the molecule is CCOc1cc(Oc2ccc(NC(=O)Nc3ccc(OC4(C)COC4)c(C(F)(F)F)c3)cc2)c[nH]c1=O. The summed E-state index contributed by atoms with van der Waals surface area (Å²) in [5.41, 5.74) is -1.90. The van der Waals surface area contributed by atoms with E-state index in [0.717, 1.165) is 6.07 Å². The van der Waals surface area contributed by atoms with Crippen molar-refractivity contribution in [1.29, 1.82) is 0 Å². The summed E-state index contributed by atoms with van der Waals surface area (Å²) in [6.07, 6.45) is -3.30. The van der Waals surface area contributed by atoms with Gasteiger partial charge in [0.1, 0.15) is 17.2 Å².